The average Bonchev–Trinajstić information content (AvgIpc) is 2.96. The van der Waals surface area contributed by atoms with Gasteiger partial charge in [-0.1, -0.05) is 38.2 Å². The first kappa shape index (κ1) is 35.8. The molecule has 0 radical (unpaired) electrons. The van der Waals surface area contributed by atoms with Crippen LogP contribution in [-0.2, 0) is 25.4 Å². The summed E-state index contributed by atoms with van der Waals surface area (Å²) in [5.74, 6) is -1.86. The third-order valence-electron chi connectivity index (χ3n) is 7.14. The van der Waals surface area contributed by atoms with Crippen LogP contribution in [0, 0.1) is 11.8 Å². The summed E-state index contributed by atoms with van der Waals surface area (Å²) in [6.45, 7) is 4.59. The molecule has 0 unspecified atom stereocenters. The average molecular weight is 624 g/mol. The van der Waals surface area contributed by atoms with Crippen molar-refractivity contribution in [2.24, 2.45) is 22.6 Å². The molecule has 1 heterocycles. The zero-order valence-corrected chi connectivity index (χ0v) is 25.7. The summed E-state index contributed by atoms with van der Waals surface area (Å²) in [5.41, 5.74) is 6.13. The SMILES string of the molecule is CO[C@H]1C=CC=C(C)C(=O)Nc2cc(O)c(N=CCCl)c(c2O)C[C@@H](C)C[C@H](OC)[C@H](O)[C@@H](C)C=C(CO)[C@@H]1OC(N)=O. The van der Waals surface area contributed by atoms with Gasteiger partial charge in [0.15, 0.2) is 6.10 Å². The molecule has 2 bridgehead atoms. The van der Waals surface area contributed by atoms with Crippen LogP contribution < -0.4 is 11.1 Å². The number of phenolic OH excluding ortho intramolecular Hbond substituents is 2. The van der Waals surface area contributed by atoms with Gasteiger partial charge in [-0.05, 0) is 31.3 Å². The molecule has 6 atom stereocenters. The van der Waals surface area contributed by atoms with E-state index < -0.39 is 48.9 Å². The van der Waals surface area contributed by atoms with Gasteiger partial charge in [0.05, 0.1) is 30.4 Å². The molecule has 1 aromatic carbocycles. The van der Waals surface area contributed by atoms with Crippen LogP contribution in [0.3, 0.4) is 0 Å². The van der Waals surface area contributed by atoms with Gasteiger partial charge in [0.2, 0.25) is 0 Å². The van der Waals surface area contributed by atoms with E-state index in [1.165, 1.54) is 51.7 Å². The van der Waals surface area contributed by atoms with E-state index >= 15 is 0 Å². The molecule has 2 amide bonds. The van der Waals surface area contributed by atoms with Crippen LogP contribution in [-0.4, -0.2) is 89.8 Å². The van der Waals surface area contributed by atoms with Crippen LogP contribution in [0.2, 0.25) is 0 Å². The number of amides is 2. The number of primary amides is 1. The highest BCUT2D eigenvalue weighted by molar-refractivity contribution is 6.24. The number of aliphatic imine (C=N–C) groups is 1. The summed E-state index contributed by atoms with van der Waals surface area (Å²) in [6, 6.07) is 1.20. The van der Waals surface area contributed by atoms with Crippen LogP contribution in [0.15, 0.2) is 46.5 Å². The molecule has 0 aliphatic carbocycles. The highest BCUT2D eigenvalue weighted by Crippen LogP contribution is 2.44. The lowest BCUT2D eigenvalue weighted by Crippen LogP contribution is -2.38. The number of carbonyl (C=O) groups is 2. The van der Waals surface area contributed by atoms with E-state index in [-0.39, 0.29) is 57.8 Å². The van der Waals surface area contributed by atoms with Crippen molar-refractivity contribution >= 4 is 41.2 Å². The molecule has 1 aromatic rings. The number of alkyl halides is 1. The fourth-order valence-corrected chi connectivity index (χ4v) is 4.93. The fourth-order valence-electron chi connectivity index (χ4n) is 4.86. The molecule has 43 heavy (non-hydrogen) atoms. The maximum atomic E-state index is 13.0. The molecular weight excluding hydrogens is 582 g/mol. The van der Waals surface area contributed by atoms with Crippen LogP contribution in [0.25, 0.3) is 0 Å². The molecule has 238 valence electrons. The lowest BCUT2D eigenvalue weighted by molar-refractivity contribution is -0.112. The lowest BCUT2D eigenvalue weighted by Gasteiger charge is -2.30. The molecule has 0 saturated carbocycles. The first-order valence-electron chi connectivity index (χ1n) is 13.7. The summed E-state index contributed by atoms with van der Waals surface area (Å²) in [4.78, 5) is 29.0. The van der Waals surface area contributed by atoms with Crippen molar-refractivity contribution in [2.75, 3.05) is 32.0 Å². The van der Waals surface area contributed by atoms with E-state index in [2.05, 4.69) is 10.3 Å². The third-order valence-corrected chi connectivity index (χ3v) is 7.28. The van der Waals surface area contributed by atoms with E-state index in [4.69, 9.17) is 31.5 Å². The topological polar surface area (TPSA) is 193 Å². The fraction of sp³-hybridized carbons (Fsp3) is 0.500. The number of carbonyl (C=O) groups excluding carboxylic acids is 2. The van der Waals surface area contributed by atoms with Crippen molar-refractivity contribution in [1.82, 2.24) is 0 Å². The third kappa shape index (κ3) is 9.80. The zero-order chi connectivity index (χ0) is 32.3. The normalized spacial score (nSPS) is 26.1. The number of nitrogens with one attached hydrogen (secondary N) is 1. The molecule has 1 aliphatic heterocycles. The van der Waals surface area contributed by atoms with Gasteiger partial charge < -0.3 is 45.7 Å². The van der Waals surface area contributed by atoms with Crippen molar-refractivity contribution in [3.05, 3.63) is 47.1 Å². The molecule has 0 aromatic heterocycles. The maximum Gasteiger partial charge on any atom is 0.405 e. The predicted molar refractivity (Wildman–Crippen MR) is 164 cm³/mol. The minimum Gasteiger partial charge on any atom is -0.506 e. The molecule has 12 nitrogen and oxygen atoms in total. The van der Waals surface area contributed by atoms with Crippen LogP contribution in [0.1, 0.15) is 32.8 Å². The minimum atomic E-state index is -1.14. The first-order valence-corrected chi connectivity index (χ1v) is 14.3. The Balaban J connectivity index is 2.72. The van der Waals surface area contributed by atoms with E-state index in [0.29, 0.717) is 6.42 Å². The summed E-state index contributed by atoms with van der Waals surface area (Å²) in [5, 5.41) is 46.0. The first-order chi connectivity index (χ1) is 20.4. The molecular formula is C30H42ClN3O9. The Labute approximate surface area is 256 Å². The van der Waals surface area contributed by atoms with Crippen molar-refractivity contribution in [3.8, 4) is 11.5 Å². The van der Waals surface area contributed by atoms with Gasteiger partial charge in [0.1, 0.15) is 23.3 Å². The Kier molecular flexibility index (Phi) is 14.2. The van der Waals surface area contributed by atoms with Crippen molar-refractivity contribution in [2.45, 2.75) is 58.0 Å². The van der Waals surface area contributed by atoms with Crippen LogP contribution >= 0.6 is 11.6 Å². The van der Waals surface area contributed by atoms with Gasteiger partial charge in [-0.3, -0.25) is 9.79 Å². The summed E-state index contributed by atoms with van der Waals surface area (Å²) in [6.07, 6.45) is 3.00. The van der Waals surface area contributed by atoms with Crippen molar-refractivity contribution in [1.29, 1.82) is 0 Å². The van der Waals surface area contributed by atoms with E-state index in [1.54, 1.807) is 13.0 Å². The monoisotopic (exact) mass is 623 g/mol. The Morgan fingerprint density at radius 1 is 1.26 bits per heavy atom. The van der Waals surface area contributed by atoms with Gasteiger partial charge in [-0.2, -0.15) is 0 Å². The Hall–Kier alpha value is -3.42. The predicted octanol–water partition coefficient (Wildman–Crippen LogP) is 3.47. The van der Waals surface area contributed by atoms with Gasteiger partial charge >= 0.3 is 6.09 Å². The number of nitrogens with two attached hydrogens (primary N) is 1. The highest BCUT2D eigenvalue weighted by atomic mass is 35.5. The number of phenols is 2. The molecule has 2 rings (SSSR count). The molecule has 0 saturated heterocycles. The summed E-state index contributed by atoms with van der Waals surface area (Å²) in [7, 11) is 2.82. The molecule has 7 N–H and O–H groups in total. The second-order valence-corrected chi connectivity index (χ2v) is 10.7. The maximum absolute atomic E-state index is 13.0. The summed E-state index contributed by atoms with van der Waals surface area (Å²) >= 11 is 5.77. The number of aliphatic hydroxyl groups is 2. The standard InChI is InChI=1S/C30H42ClN3O9/c1-16-11-20-25(33-10-9-31)22(36)14-21(27(20)38)34-29(39)17(2)7-6-8-23(41-4)28(43-30(32)40)19(15-35)13-18(3)26(37)24(12-16)42-5/h6-8,10,13-14,16,18,23-24,26,28,35-38H,9,11-12,15H2,1-5H3,(H2,32,40)(H,34,39)/t16-,18+,23+,24+,26-,28+/m1/s1. The van der Waals surface area contributed by atoms with Crippen LogP contribution in [0.5, 0.6) is 11.5 Å². The second-order valence-electron chi connectivity index (χ2n) is 10.4. The number of fused-ring (bicyclic) bond motifs is 2. The number of aromatic hydroxyl groups is 2. The number of aliphatic hydroxyl groups excluding tert-OH is 2. The largest absolute Gasteiger partial charge is 0.506 e. The number of allylic oxidation sites excluding steroid dienone is 2. The van der Waals surface area contributed by atoms with Gasteiger partial charge in [-0.25, -0.2) is 4.79 Å². The number of nitrogens with zero attached hydrogens (tertiary/aromatic N) is 1. The number of anilines is 1. The van der Waals surface area contributed by atoms with Crippen LogP contribution in [0.4, 0.5) is 16.2 Å². The number of rotatable bonds is 6. The van der Waals surface area contributed by atoms with E-state index in [0.717, 1.165) is 0 Å². The Morgan fingerprint density at radius 3 is 2.53 bits per heavy atom. The molecule has 0 spiro atoms. The quantitative estimate of drug-likeness (QED) is 0.0904. The number of hydrogen-bond acceptors (Lipinski definition) is 10. The number of halogens is 1. The molecule has 13 heteroatoms. The van der Waals surface area contributed by atoms with Gasteiger partial charge in [-0.15, -0.1) is 11.6 Å². The Morgan fingerprint density at radius 2 is 1.95 bits per heavy atom. The highest BCUT2D eigenvalue weighted by Gasteiger charge is 2.31. The molecule has 1 aliphatic rings. The second kappa shape index (κ2) is 17.0. The smallest absolute Gasteiger partial charge is 0.405 e. The Bertz CT molecular complexity index is 1250. The zero-order valence-electron chi connectivity index (χ0n) is 25.0. The number of hydrogen-bond donors (Lipinski definition) is 6. The number of ether oxygens (including phenoxy) is 3. The molecule has 0 fully saturated rings. The van der Waals surface area contributed by atoms with E-state index in [1.807, 2.05) is 6.92 Å². The van der Waals surface area contributed by atoms with Crippen molar-refractivity contribution < 1.29 is 44.2 Å². The lowest BCUT2D eigenvalue weighted by atomic mass is 9.87. The summed E-state index contributed by atoms with van der Waals surface area (Å²) < 4.78 is 16.4. The van der Waals surface area contributed by atoms with Gasteiger partial charge in [0.25, 0.3) is 5.91 Å². The van der Waals surface area contributed by atoms with Gasteiger partial charge in [0, 0.05) is 43.6 Å². The minimum absolute atomic E-state index is 0.0254. The number of benzene rings is 1. The van der Waals surface area contributed by atoms with E-state index in [9.17, 15) is 30.0 Å². The number of methoxy groups -OCH3 is 2. The van der Waals surface area contributed by atoms with Crippen molar-refractivity contribution in [3.63, 3.8) is 0 Å².